The van der Waals surface area contributed by atoms with Crippen LogP contribution in [-0.4, -0.2) is 66.5 Å². The van der Waals surface area contributed by atoms with E-state index in [1.54, 1.807) is 6.92 Å². The second kappa shape index (κ2) is 5.56. The van der Waals surface area contributed by atoms with Crippen LogP contribution in [0.4, 0.5) is 4.79 Å². The van der Waals surface area contributed by atoms with Gasteiger partial charge in [-0.2, -0.15) is 0 Å². The zero-order valence-corrected chi connectivity index (χ0v) is 11.2. The molecule has 1 aliphatic heterocycles. The van der Waals surface area contributed by atoms with Crippen molar-refractivity contribution in [2.75, 3.05) is 26.7 Å². The SMILES string of the molecule is COC(=O)C(C)N(CC(=O)N1CCNC1=O)C1CC1. The van der Waals surface area contributed by atoms with E-state index in [1.807, 2.05) is 4.90 Å². The molecule has 19 heavy (non-hydrogen) atoms. The highest BCUT2D eigenvalue weighted by atomic mass is 16.5. The predicted molar refractivity (Wildman–Crippen MR) is 66.3 cm³/mol. The van der Waals surface area contributed by atoms with E-state index >= 15 is 0 Å². The Labute approximate surface area is 111 Å². The molecule has 1 saturated heterocycles. The Morgan fingerprint density at radius 2 is 2.21 bits per heavy atom. The van der Waals surface area contributed by atoms with Gasteiger partial charge in [0.2, 0.25) is 5.91 Å². The number of imide groups is 1. The van der Waals surface area contributed by atoms with Gasteiger partial charge in [-0.3, -0.25) is 19.4 Å². The highest BCUT2D eigenvalue weighted by Gasteiger charge is 2.38. The van der Waals surface area contributed by atoms with Gasteiger partial charge in [0.05, 0.1) is 13.7 Å². The second-order valence-electron chi connectivity index (χ2n) is 4.88. The fraction of sp³-hybridized carbons (Fsp3) is 0.750. The molecule has 0 bridgehead atoms. The molecule has 2 aliphatic rings. The Balaban J connectivity index is 1.98. The van der Waals surface area contributed by atoms with E-state index in [-0.39, 0.29) is 30.5 Å². The maximum atomic E-state index is 12.1. The van der Waals surface area contributed by atoms with Crippen molar-refractivity contribution in [3.8, 4) is 0 Å². The Kier molecular flexibility index (Phi) is 4.04. The highest BCUT2D eigenvalue weighted by molar-refractivity contribution is 5.96. The van der Waals surface area contributed by atoms with Gasteiger partial charge in [0.25, 0.3) is 0 Å². The molecule has 1 saturated carbocycles. The molecule has 7 heteroatoms. The molecule has 0 aromatic rings. The molecule has 1 atom stereocenters. The average molecular weight is 269 g/mol. The van der Waals surface area contributed by atoms with Crippen molar-refractivity contribution in [1.29, 1.82) is 0 Å². The van der Waals surface area contributed by atoms with Crippen LogP contribution in [0.5, 0.6) is 0 Å². The van der Waals surface area contributed by atoms with E-state index in [1.165, 1.54) is 12.0 Å². The van der Waals surface area contributed by atoms with Gasteiger partial charge in [-0.05, 0) is 19.8 Å². The smallest absolute Gasteiger partial charge is 0.324 e. The van der Waals surface area contributed by atoms with Gasteiger partial charge in [-0.15, -0.1) is 0 Å². The maximum Gasteiger partial charge on any atom is 0.324 e. The van der Waals surface area contributed by atoms with Gasteiger partial charge in [0.15, 0.2) is 0 Å². The third-order valence-electron chi connectivity index (χ3n) is 3.53. The second-order valence-corrected chi connectivity index (χ2v) is 4.88. The summed E-state index contributed by atoms with van der Waals surface area (Å²) in [4.78, 5) is 38.1. The van der Waals surface area contributed by atoms with E-state index in [2.05, 4.69) is 5.32 Å². The van der Waals surface area contributed by atoms with Gasteiger partial charge in [0.1, 0.15) is 6.04 Å². The molecule has 2 fully saturated rings. The first-order chi connectivity index (χ1) is 9.04. The van der Waals surface area contributed by atoms with Crippen molar-refractivity contribution in [3.63, 3.8) is 0 Å². The zero-order chi connectivity index (χ0) is 14.0. The summed E-state index contributed by atoms with van der Waals surface area (Å²) in [6.07, 6.45) is 1.95. The Bertz CT molecular complexity index is 394. The van der Waals surface area contributed by atoms with Gasteiger partial charge in [-0.25, -0.2) is 4.79 Å². The number of carbonyl (C=O) groups is 3. The van der Waals surface area contributed by atoms with Crippen LogP contribution in [0.1, 0.15) is 19.8 Å². The molecule has 3 amide bonds. The van der Waals surface area contributed by atoms with Crippen LogP contribution in [0.3, 0.4) is 0 Å². The molecule has 0 aromatic carbocycles. The number of rotatable bonds is 5. The minimum absolute atomic E-state index is 0.0777. The van der Waals surface area contributed by atoms with E-state index in [0.29, 0.717) is 13.1 Å². The van der Waals surface area contributed by atoms with Crippen LogP contribution in [0.15, 0.2) is 0 Å². The van der Waals surface area contributed by atoms with Crippen LogP contribution in [0, 0.1) is 0 Å². The number of esters is 1. The summed E-state index contributed by atoms with van der Waals surface area (Å²) >= 11 is 0. The van der Waals surface area contributed by atoms with Gasteiger partial charge in [-0.1, -0.05) is 0 Å². The van der Waals surface area contributed by atoms with Crippen LogP contribution in [-0.2, 0) is 14.3 Å². The van der Waals surface area contributed by atoms with Gasteiger partial charge < -0.3 is 10.1 Å². The van der Waals surface area contributed by atoms with Crippen molar-refractivity contribution in [3.05, 3.63) is 0 Å². The fourth-order valence-electron chi connectivity index (χ4n) is 2.25. The lowest BCUT2D eigenvalue weighted by atomic mass is 10.2. The minimum Gasteiger partial charge on any atom is -0.468 e. The molecule has 106 valence electrons. The monoisotopic (exact) mass is 269 g/mol. The minimum atomic E-state index is -0.466. The number of nitrogens with one attached hydrogen (secondary N) is 1. The predicted octanol–water partition coefficient (Wildman–Crippen LogP) is -0.436. The summed E-state index contributed by atoms with van der Waals surface area (Å²) in [5.41, 5.74) is 0. The summed E-state index contributed by atoms with van der Waals surface area (Å²) in [6, 6.07) is -0.581. The number of ether oxygens (including phenoxy) is 1. The summed E-state index contributed by atoms with van der Waals surface area (Å²) in [6.45, 7) is 2.68. The van der Waals surface area contributed by atoms with Crippen molar-refractivity contribution >= 4 is 17.9 Å². The van der Waals surface area contributed by atoms with E-state index < -0.39 is 6.04 Å². The third kappa shape index (κ3) is 3.04. The van der Waals surface area contributed by atoms with Crippen LogP contribution < -0.4 is 5.32 Å². The van der Waals surface area contributed by atoms with Crippen LogP contribution >= 0.6 is 0 Å². The first-order valence-corrected chi connectivity index (χ1v) is 6.46. The molecule has 0 aromatic heterocycles. The summed E-state index contributed by atoms with van der Waals surface area (Å²) < 4.78 is 4.71. The normalized spacial score (nSPS) is 20.4. The first kappa shape index (κ1) is 13.8. The Hall–Kier alpha value is -1.63. The van der Waals surface area contributed by atoms with Crippen molar-refractivity contribution in [2.24, 2.45) is 0 Å². The number of hydrogen-bond donors (Lipinski definition) is 1. The number of hydrogen-bond acceptors (Lipinski definition) is 5. The van der Waals surface area contributed by atoms with Crippen molar-refractivity contribution < 1.29 is 19.1 Å². The Morgan fingerprint density at radius 1 is 1.53 bits per heavy atom. The topological polar surface area (TPSA) is 79.0 Å². The molecule has 0 spiro atoms. The molecule has 1 N–H and O–H groups in total. The number of nitrogens with zero attached hydrogens (tertiary/aromatic N) is 2. The number of methoxy groups -OCH3 is 1. The molecular formula is C12H19N3O4. The third-order valence-corrected chi connectivity index (χ3v) is 3.53. The lowest BCUT2D eigenvalue weighted by Crippen LogP contribution is -2.48. The summed E-state index contributed by atoms with van der Waals surface area (Å²) in [7, 11) is 1.33. The Morgan fingerprint density at radius 3 is 2.68 bits per heavy atom. The van der Waals surface area contributed by atoms with Gasteiger partial charge >= 0.3 is 12.0 Å². The zero-order valence-electron chi connectivity index (χ0n) is 11.2. The first-order valence-electron chi connectivity index (χ1n) is 6.46. The maximum absolute atomic E-state index is 12.1. The van der Waals surface area contributed by atoms with Crippen molar-refractivity contribution in [1.82, 2.24) is 15.1 Å². The van der Waals surface area contributed by atoms with Crippen LogP contribution in [0.25, 0.3) is 0 Å². The highest BCUT2D eigenvalue weighted by Crippen LogP contribution is 2.28. The van der Waals surface area contributed by atoms with E-state index in [9.17, 15) is 14.4 Å². The number of amides is 3. The summed E-state index contributed by atoms with van der Waals surface area (Å²) in [5.74, 6) is -0.622. The average Bonchev–Trinajstić information content (AvgIpc) is 3.15. The molecule has 1 heterocycles. The van der Waals surface area contributed by atoms with Gasteiger partial charge in [0, 0.05) is 19.1 Å². The van der Waals surface area contributed by atoms with E-state index in [0.717, 1.165) is 12.8 Å². The lowest BCUT2D eigenvalue weighted by Gasteiger charge is -2.27. The number of carbonyl (C=O) groups excluding carboxylic acids is 3. The molecule has 0 radical (unpaired) electrons. The fourth-order valence-corrected chi connectivity index (χ4v) is 2.25. The van der Waals surface area contributed by atoms with Crippen molar-refractivity contribution in [2.45, 2.75) is 31.8 Å². The quantitative estimate of drug-likeness (QED) is 0.685. The standard InChI is InChI=1S/C12H19N3O4/c1-8(11(17)19-2)15(9-3-4-9)7-10(16)14-6-5-13-12(14)18/h8-9H,3-7H2,1-2H3,(H,13,18). The largest absolute Gasteiger partial charge is 0.468 e. The molecule has 7 nitrogen and oxygen atoms in total. The molecule has 2 rings (SSSR count). The van der Waals surface area contributed by atoms with E-state index in [4.69, 9.17) is 4.74 Å². The summed E-state index contributed by atoms with van der Waals surface area (Å²) in [5, 5.41) is 2.59. The lowest BCUT2D eigenvalue weighted by molar-refractivity contribution is -0.147. The molecular weight excluding hydrogens is 250 g/mol. The molecule has 1 aliphatic carbocycles. The number of urea groups is 1. The molecule has 1 unspecified atom stereocenters. The van der Waals surface area contributed by atoms with Crippen LogP contribution in [0.2, 0.25) is 0 Å².